The van der Waals surface area contributed by atoms with Crippen molar-refractivity contribution >= 4 is 0 Å². The van der Waals surface area contributed by atoms with Crippen molar-refractivity contribution in [2.45, 2.75) is 71.4 Å². The molecule has 1 fully saturated rings. The van der Waals surface area contributed by atoms with Crippen LogP contribution in [0.2, 0.25) is 0 Å². The Morgan fingerprint density at radius 1 is 1.11 bits per heavy atom. The second kappa shape index (κ2) is 9.73. The molecule has 2 N–H and O–H groups in total. The molecule has 0 heterocycles. The molecule has 2 atom stereocenters. The molecule has 1 aliphatic carbocycles. The lowest BCUT2D eigenvalue weighted by Gasteiger charge is -2.31. The zero-order valence-corrected chi connectivity index (χ0v) is 13.2. The van der Waals surface area contributed by atoms with Gasteiger partial charge in [-0.3, -0.25) is 0 Å². The van der Waals surface area contributed by atoms with Gasteiger partial charge in [-0.25, -0.2) is 0 Å². The molecule has 0 radical (unpaired) electrons. The van der Waals surface area contributed by atoms with E-state index in [1.54, 1.807) is 0 Å². The number of rotatable bonds is 9. The first-order chi connectivity index (χ1) is 9.21. The van der Waals surface area contributed by atoms with Crippen LogP contribution in [0.4, 0.5) is 0 Å². The van der Waals surface area contributed by atoms with E-state index in [0.717, 1.165) is 32.1 Å². The van der Waals surface area contributed by atoms with Gasteiger partial charge in [0.1, 0.15) is 0 Å². The number of nitrogens with zero attached hydrogens (tertiary/aromatic N) is 1. The first kappa shape index (κ1) is 16.9. The Labute approximate surface area is 119 Å². The highest BCUT2D eigenvalue weighted by Crippen LogP contribution is 2.27. The summed E-state index contributed by atoms with van der Waals surface area (Å²) in [5.74, 6) is 0.833. The lowest BCUT2D eigenvalue weighted by Crippen LogP contribution is -2.44. The topological polar surface area (TPSA) is 35.5 Å². The van der Waals surface area contributed by atoms with Crippen LogP contribution in [-0.2, 0) is 0 Å². The van der Waals surface area contributed by atoms with Crippen molar-refractivity contribution in [2.75, 3.05) is 26.2 Å². The van der Waals surface area contributed by atoms with Crippen molar-refractivity contribution in [3.8, 4) is 0 Å². The van der Waals surface area contributed by atoms with Crippen LogP contribution in [0.1, 0.15) is 59.3 Å². The molecule has 114 valence electrons. The fraction of sp³-hybridized carbons (Fsp3) is 1.00. The molecule has 0 aliphatic heterocycles. The maximum absolute atomic E-state index is 10.1. The molecular weight excluding hydrogens is 236 g/mol. The van der Waals surface area contributed by atoms with Crippen molar-refractivity contribution in [3.63, 3.8) is 0 Å². The lowest BCUT2D eigenvalue weighted by molar-refractivity contribution is 0.108. The molecule has 0 aromatic heterocycles. The molecule has 1 saturated carbocycles. The highest BCUT2D eigenvalue weighted by Gasteiger charge is 2.22. The quantitative estimate of drug-likeness (QED) is 0.676. The molecule has 19 heavy (non-hydrogen) atoms. The molecule has 2 unspecified atom stereocenters. The van der Waals surface area contributed by atoms with Crippen LogP contribution in [0.5, 0.6) is 0 Å². The van der Waals surface area contributed by atoms with Crippen molar-refractivity contribution in [3.05, 3.63) is 0 Å². The Bertz CT molecular complexity index is 213. The highest BCUT2D eigenvalue weighted by atomic mass is 16.3. The number of aliphatic hydroxyl groups is 1. The SMILES string of the molecule is CCC(NCC(O)CN(CC)CC)C1CCCCC1. The van der Waals surface area contributed by atoms with E-state index in [1.807, 2.05) is 0 Å². The first-order valence-corrected chi connectivity index (χ1v) is 8.35. The summed E-state index contributed by atoms with van der Waals surface area (Å²) in [6.45, 7) is 10.2. The molecule has 0 spiro atoms. The maximum Gasteiger partial charge on any atom is 0.0791 e. The largest absolute Gasteiger partial charge is 0.390 e. The van der Waals surface area contributed by atoms with Crippen molar-refractivity contribution in [2.24, 2.45) is 5.92 Å². The van der Waals surface area contributed by atoms with Crippen LogP contribution in [-0.4, -0.2) is 48.3 Å². The molecule has 0 amide bonds. The Kier molecular flexibility index (Phi) is 8.67. The Hall–Kier alpha value is -0.120. The zero-order valence-electron chi connectivity index (χ0n) is 13.2. The molecule has 3 heteroatoms. The van der Waals surface area contributed by atoms with Gasteiger partial charge < -0.3 is 15.3 Å². The average Bonchev–Trinajstić information content (AvgIpc) is 2.46. The number of likely N-dealkylation sites (N-methyl/N-ethyl adjacent to an activating group) is 1. The molecule has 1 rings (SSSR count). The van der Waals surface area contributed by atoms with Crippen molar-refractivity contribution in [1.29, 1.82) is 0 Å². The third-order valence-electron chi connectivity index (χ3n) is 4.64. The first-order valence-electron chi connectivity index (χ1n) is 8.35. The van der Waals surface area contributed by atoms with Crippen LogP contribution in [0.15, 0.2) is 0 Å². The van der Waals surface area contributed by atoms with Crippen LogP contribution >= 0.6 is 0 Å². The minimum Gasteiger partial charge on any atom is -0.390 e. The summed E-state index contributed by atoms with van der Waals surface area (Å²) < 4.78 is 0. The number of nitrogens with one attached hydrogen (secondary N) is 1. The summed E-state index contributed by atoms with van der Waals surface area (Å²) >= 11 is 0. The third kappa shape index (κ3) is 6.24. The van der Waals surface area contributed by atoms with Crippen LogP contribution < -0.4 is 5.32 Å². The zero-order chi connectivity index (χ0) is 14.1. The van der Waals surface area contributed by atoms with Gasteiger partial charge in [-0.05, 0) is 38.3 Å². The van der Waals surface area contributed by atoms with Gasteiger partial charge in [0.2, 0.25) is 0 Å². The van der Waals surface area contributed by atoms with Crippen LogP contribution in [0.25, 0.3) is 0 Å². The molecule has 0 bridgehead atoms. The van der Waals surface area contributed by atoms with Crippen LogP contribution in [0, 0.1) is 5.92 Å². The predicted molar refractivity (Wildman–Crippen MR) is 82.5 cm³/mol. The van der Waals surface area contributed by atoms with E-state index >= 15 is 0 Å². The van der Waals surface area contributed by atoms with E-state index < -0.39 is 0 Å². The smallest absolute Gasteiger partial charge is 0.0791 e. The number of hydrogen-bond acceptors (Lipinski definition) is 3. The maximum atomic E-state index is 10.1. The van der Waals surface area contributed by atoms with Gasteiger partial charge in [-0.2, -0.15) is 0 Å². The fourth-order valence-corrected chi connectivity index (χ4v) is 3.31. The predicted octanol–water partition coefficient (Wildman–Crippen LogP) is 2.64. The molecule has 3 nitrogen and oxygen atoms in total. The monoisotopic (exact) mass is 270 g/mol. The van der Waals surface area contributed by atoms with Gasteiger partial charge in [-0.15, -0.1) is 0 Å². The Balaban J connectivity index is 2.27. The lowest BCUT2D eigenvalue weighted by atomic mass is 9.83. The van der Waals surface area contributed by atoms with Gasteiger partial charge in [0.25, 0.3) is 0 Å². The van der Waals surface area contributed by atoms with Gasteiger partial charge in [0.05, 0.1) is 6.10 Å². The fourth-order valence-electron chi connectivity index (χ4n) is 3.31. The molecular formula is C16H34N2O. The summed E-state index contributed by atoms with van der Waals surface area (Å²) in [6, 6.07) is 0.603. The Morgan fingerprint density at radius 3 is 2.26 bits per heavy atom. The Morgan fingerprint density at radius 2 is 1.74 bits per heavy atom. The van der Waals surface area contributed by atoms with E-state index in [2.05, 4.69) is 31.0 Å². The second-order valence-electron chi connectivity index (χ2n) is 5.96. The average molecular weight is 270 g/mol. The number of hydrogen-bond donors (Lipinski definition) is 2. The third-order valence-corrected chi connectivity index (χ3v) is 4.64. The summed E-state index contributed by atoms with van der Waals surface area (Å²) in [5.41, 5.74) is 0. The number of aliphatic hydroxyl groups excluding tert-OH is 1. The summed E-state index contributed by atoms with van der Waals surface area (Å²) in [4.78, 5) is 2.29. The second-order valence-corrected chi connectivity index (χ2v) is 5.96. The molecule has 0 aromatic rings. The van der Waals surface area contributed by atoms with Gasteiger partial charge in [0, 0.05) is 19.1 Å². The van der Waals surface area contributed by atoms with Crippen LogP contribution in [0.3, 0.4) is 0 Å². The van der Waals surface area contributed by atoms with E-state index in [1.165, 1.54) is 38.5 Å². The van der Waals surface area contributed by atoms with Crippen molar-refractivity contribution < 1.29 is 5.11 Å². The van der Waals surface area contributed by atoms with Gasteiger partial charge >= 0.3 is 0 Å². The normalized spacial score (nSPS) is 20.7. The van der Waals surface area contributed by atoms with Gasteiger partial charge in [-0.1, -0.05) is 40.0 Å². The minimum atomic E-state index is -0.238. The van der Waals surface area contributed by atoms with Gasteiger partial charge in [0.15, 0.2) is 0 Å². The van der Waals surface area contributed by atoms with E-state index in [0.29, 0.717) is 6.04 Å². The van der Waals surface area contributed by atoms with E-state index in [4.69, 9.17) is 0 Å². The summed E-state index contributed by atoms with van der Waals surface area (Å²) in [6.07, 6.45) is 7.89. The standard InChI is InChI=1S/C16H34N2O/c1-4-16(14-10-8-7-9-11-14)17-12-15(19)13-18(5-2)6-3/h14-17,19H,4-13H2,1-3H3. The summed E-state index contributed by atoms with van der Waals surface area (Å²) in [5, 5.41) is 13.7. The minimum absolute atomic E-state index is 0.238. The summed E-state index contributed by atoms with van der Waals surface area (Å²) in [7, 11) is 0. The highest BCUT2D eigenvalue weighted by molar-refractivity contribution is 4.79. The molecule has 0 aromatic carbocycles. The molecule has 0 saturated heterocycles. The van der Waals surface area contributed by atoms with Crippen molar-refractivity contribution in [1.82, 2.24) is 10.2 Å². The molecule has 1 aliphatic rings. The van der Waals surface area contributed by atoms with E-state index in [9.17, 15) is 5.11 Å². The van der Waals surface area contributed by atoms with E-state index in [-0.39, 0.29) is 6.10 Å².